The number of halogens is 1. The molecule has 5 heteroatoms. The molecule has 82 valence electrons. The van der Waals surface area contributed by atoms with Gasteiger partial charge in [0.05, 0.1) is 6.10 Å². The Hall–Kier alpha value is -0.430. The van der Waals surface area contributed by atoms with Crippen LogP contribution in [0.1, 0.15) is 12.8 Å². The van der Waals surface area contributed by atoms with E-state index in [1.165, 1.54) is 0 Å². The van der Waals surface area contributed by atoms with Gasteiger partial charge in [-0.1, -0.05) is 0 Å². The summed E-state index contributed by atoms with van der Waals surface area (Å²) >= 11 is 2.21. The summed E-state index contributed by atoms with van der Waals surface area (Å²) in [4.78, 5) is 10.9. The first-order chi connectivity index (χ1) is 7.29. The van der Waals surface area contributed by atoms with Gasteiger partial charge in [-0.2, -0.15) is 0 Å². The highest BCUT2D eigenvalue weighted by Crippen LogP contribution is 2.17. The lowest BCUT2D eigenvalue weighted by Crippen LogP contribution is -2.37. The lowest BCUT2D eigenvalue weighted by Gasteiger charge is -2.31. The van der Waals surface area contributed by atoms with Crippen LogP contribution in [0.4, 0.5) is 5.95 Å². The van der Waals surface area contributed by atoms with Crippen molar-refractivity contribution < 1.29 is 4.74 Å². The zero-order chi connectivity index (χ0) is 10.7. The van der Waals surface area contributed by atoms with Gasteiger partial charge in [-0.25, -0.2) is 9.97 Å². The molecule has 0 bridgehead atoms. The maximum Gasteiger partial charge on any atom is 0.225 e. The molecule has 0 spiro atoms. The number of hydrogen-bond donors (Lipinski definition) is 0. The van der Waals surface area contributed by atoms with Crippen LogP contribution in [0.5, 0.6) is 0 Å². The summed E-state index contributed by atoms with van der Waals surface area (Å²) < 4.78 is 6.40. The van der Waals surface area contributed by atoms with Crippen LogP contribution in [0, 0.1) is 3.57 Å². The highest BCUT2D eigenvalue weighted by molar-refractivity contribution is 14.1. The second-order valence-corrected chi connectivity index (χ2v) is 4.87. The SMILES string of the molecule is COC1CCN(c2ncc(I)cn2)CC1. The number of ether oxygens (including phenoxy) is 1. The number of anilines is 1. The smallest absolute Gasteiger partial charge is 0.225 e. The minimum atomic E-state index is 0.407. The molecule has 1 aromatic rings. The molecule has 1 aromatic heterocycles. The van der Waals surface area contributed by atoms with E-state index in [1.54, 1.807) is 7.11 Å². The molecule has 0 aromatic carbocycles. The normalized spacial score (nSPS) is 18.1. The first kappa shape index (κ1) is 11.1. The van der Waals surface area contributed by atoms with Gasteiger partial charge in [-0.3, -0.25) is 0 Å². The summed E-state index contributed by atoms with van der Waals surface area (Å²) in [5.41, 5.74) is 0. The second kappa shape index (κ2) is 5.07. The fourth-order valence-electron chi connectivity index (χ4n) is 1.76. The predicted molar refractivity (Wildman–Crippen MR) is 67.0 cm³/mol. The van der Waals surface area contributed by atoms with E-state index >= 15 is 0 Å². The third-order valence-corrected chi connectivity index (χ3v) is 3.22. The van der Waals surface area contributed by atoms with Gasteiger partial charge in [0, 0.05) is 36.2 Å². The van der Waals surface area contributed by atoms with Crippen LogP contribution in [0.3, 0.4) is 0 Å². The van der Waals surface area contributed by atoms with E-state index in [-0.39, 0.29) is 0 Å². The minimum absolute atomic E-state index is 0.407. The van der Waals surface area contributed by atoms with Crippen molar-refractivity contribution in [2.24, 2.45) is 0 Å². The first-order valence-corrected chi connectivity index (χ1v) is 6.13. The van der Waals surface area contributed by atoms with Crippen molar-refractivity contribution in [3.63, 3.8) is 0 Å². The summed E-state index contributed by atoms with van der Waals surface area (Å²) in [6.07, 6.45) is 6.24. The largest absolute Gasteiger partial charge is 0.381 e. The zero-order valence-corrected chi connectivity index (χ0v) is 10.8. The van der Waals surface area contributed by atoms with Crippen molar-refractivity contribution in [3.05, 3.63) is 16.0 Å². The average Bonchev–Trinajstić information content (AvgIpc) is 2.30. The standard InChI is InChI=1S/C10H14IN3O/c1-15-9-2-4-14(5-3-9)10-12-6-8(11)7-13-10/h6-7,9H,2-5H2,1H3. The fraction of sp³-hybridized carbons (Fsp3) is 0.600. The average molecular weight is 319 g/mol. The first-order valence-electron chi connectivity index (χ1n) is 5.05. The number of aromatic nitrogens is 2. The van der Waals surface area contributed by atoms with Crippen molar-refractivity contribution in [2.45, 2.75) is 18.9 Å². The number of rotatable bonds is 2. The number of methoxy groups -OCH3 is 1. The Morgan fingerprint density at radius 1 is 1.33 bits per heavy atom. The monoisotopic (exact) mass is 319 g/mol. The van der Waals surface area contributed by atoms with Crippen LogP contribution < -0.4 is 4.90 Å². The van der Waals surface area contributed by atoms with Gasteiger partial charge in [0.1, 0.15) is 0 Å². The fourth-order valence-corrected chi connectivity index (χ4v) is 2.04. The molecule has 1 fully saturated rings. The Morgan fingerprint density at radius 2 is 1.93 bits per heavy atom. The Kier molecular flexibility index (Phi) is 3.74. The van der Waals surface area contributed by atoms with Crippen molar-refractivity contribution in [2.75, 3.05) is 25.1 Å². The molecule has 1 aliphatic rings. The van der Waals surface area contributed by atoms with E-state index in [0.29, 0.717) is 6.10 Å². The number of hydrogen-bond acceptors (Lipinski definition) is 4. The maximum absolute atomic E-state index is 5.33. The van der Waals surface area contributed by atoms with Crippen LogP contribution in [0.2, 0.25) is 0 Å². The van der Waals surface area contributed by atoms with E-state index in [4.69, 9.17) is 4.74 Å². The second-order valence-electron chi connectivity index (χ2n) is 3.62. The molecule has 2 rings (SSSR count). The van der Waals surface area contributed by atoms with Gasteiger partial charge < -0.3 is 9.64 Å². The molecule has 0 saturated carbocycles. The molecule has 0 radical (unpaired) electrons. The predicted octanol–water partition coefficient (Wildman–Crippen LogP) is 1.70. The molecule has 1 aliphatic heterocycles. The summed E-state index contributed by atoms with van der Waals surface area (Å²) in [5.74, 6) is 0.838. The highest BCUT2D eigenvalue weighted by atomic mass is 127. The van der Waals surface area contributed by atoms with Crippen LogP contribution in [0.25, 0.3) is 0 Å². The van der Waals surface area contributed by atoms with E-state index in [9.17, 15) is 0 Å². The minimum Gasteiger partial charge on any atom is -0.381 e. The van der Waals surface area contributed by atoms with Crippen LogP contribution >= 0.6 is 22.6 Å². The topological polar surface area (TPSA) is 38.2 Å². The van der Waals surface area contributed by atoms with Gasteiger partial charge in [-0.15, -0.1) is 0 Å². The summed E-state index contributed by atoms with van der Waals surface area (Å²) in [7, 11) is 1.78. The lowest BCUT2D eigenvalue weighted by atomic mass is 10.1. The molecule has 0 amide bonds. The van der Waals surface area contributed by atoms with E-state index in [1.807, 2.05) is 12.4 Å². The van der Waals surface area contributed by atoms with Gasteiger partial charge in [0.2, 0.25) is 5.95 Å². The van der Waals surface area contributed by atoms with Crippen LogP contribution in [-0.2, 0) is 4.74 Å². The van der Waals surface area contributed by atoms with E-state index in [2.05, 4.69) is 37.5 Å². The molecular formula is C10H14IN3O. The quantitative estimate of drug-likeness (QED) is 0.778. The van der Waals surface area contributed by atoms with Crippen LogP contribution in [0.15, 0.2) is 12.4 Å². The van der Waals surface area contributed by atoms with Crippen molar-refractivity contribution in [1.29, 1.82) is 0 Å². The maximum atomic E-state index is 5.33. The number of nitrogens with zero attached hydrogens (tertiary/aromatic N) is 3. The zero-order valence-electron chi connectivity index (χ0n) is 8.69. The van der Waals surface area contributed by atoms with E-state index < -0.39 is 0 Å². The Balaban J connectivity index is 1.98. The molecule has 0 N–H and O–H groups in total. The third-order valence-electron chi connectivity index (χ3n) is 2.66. The molecule has 15 heavy (non-hydrogen) atoms. The van der Waals surface area contributed by atoms with Gasteiger partial charge >= 0.3 is 0 Å². The Labute approximate surface area is 103 Å². The Bertz CT molecular complexity index is 309. The van der Waals surface area contributed by atoms with Crippen molar-refractivity contribution in [1.82, 2.24) is 9.97 Å². The molecule has 0 atom stereocenters. The summed E-state index contributed by atoms with van der Waals surface area (Å²) in [6.45, 7) is 1.97. The lowest BCUT2D eigenvalue weighted by molar-refractivity contribution is 0.0816. The molecular weight excluding hydrogens is 305 g/mol. The number of piperidine rings is 1. The molecule has 2 heterocycles. The third kappa shape index (κ3) is 2.78. The van der Waals surface area contributed by atoms with Gasteiger partial charge in [0.15, 0.2) is 0 Å². The van der Waals surface area contributed by atoms with Crippen molar-refractivity contribution >= 4 is 28.5 Å². The van der Waals surface area contributed by atoms with E-state index in [0.717, 1.165) is 35.4 Å². The molecule has 0 unspecified atom stereocenters. The molecule has 0 aliphatic carbocycles. The Morgan fingerprint density at radius 3 is 2.47 bits per heavy atom. The molecule has 4 nitrogen and oxygen atoms in total. The summed E-state index contributed by atoms with van der Waals surface area (Å²) in [6, 6.07) is 0. The molecule has 1 saturated heterocycles. The highest BCUT2D eigenvalue weighted by Gasteiger charge is 2.20. The van der Waals surface area contributed by atoms with Crippen molar-refractivity contribution in [3.8, 4) is 0 Å². The van der Waals surface area contributed by atoms with Crippen LogP contribution in [-0.4, -0.2) is 36.3 Å². The summed E-state index contributed by atoms with van der Waals surface area (Å²) in [5, 5.41) is 0. The van der Waals surface area contributed by atoms with Gasteiger partial charge in [0.25, 0.3) is 0 Å². The van der Waals surface area contributed by atoms with Gasteiger partial charge in [-0.05, 0) is 35.4 Å².